The van der Waals surface area contributed by atoms with Crippen molar-refractivity contribution in [1.82, 2.24) is 10.2 Å². The molecule has 40 heavy (non-hydrogen) atoms. The van der Waals surface area contributed by atoms with Crippen molar-refractivity contribution in [2.24, 2.45) is 0 Å². The first-order valence-corrected chi connectivity index (χ1v) is 15.3. The van der Waals surface area contributed by atoms with Gasteiger partial charge in [0.05, 0.1) is 17.1 Å². The summed E-state index contributed by atoms with van der Waals surface area (Å²) in [6.07, 6.45) is 8.15. The minimum absolute atomic E-state index is 0.00386. The van der Waals surface area contributed by atoms with Crippen LogP contribution in [0.25, 0.3) is 6.08 Å². The lowest BCUT2D eigenvalue weighted by Gasteiger charge is -2.31. The Morgan fingerprint density at radius 3 is 2.48 bits per heavy atom. The van der Waals surface area contributed by atoms with Crippen molar-refractivity contribution in [3.63, 3.8) is 0 Å². The number of hydrogen-bond acceptors (Lipinski definition) is 4. The molecule has 0 atom stereocenters. The lowest BCUT2D eigenvalue weighted by Crippen LogP contribution is -2.34. The standard InChI is InChI=1S/C34H39N3O2S/c1-25-12-13-26(2)29(22-25)24-37-30-10-5-6-11-31(30)40-32(34(37)39)23-27-14-16-28(17-15-27)33(38)35-18-9-21-36-19-7-3-4-8-20-36/h5-6,10-17,22-23H,3-4,7-9,18-21,24H2,1-2H3,(H,35,38). The predicted octanol–water partition coefficient (Wildman–Crippen LogP) is 6.98. The number of rotatable bonds is 8. The van der Waals surface area contributed by atoms with Crippen molar-refractivity contribution in [1.29, 1.82) is 0 Å². The molecule has 208 valence electrons. The third-order valence-corrected chi connectivity index (χ3v) is 8.85. The van der Waals surface area contributed by atoms with Crippen molar-refractivity contribution >= 4 is 35.3 Å². The summed E-state index contributed by atoms with van der Waals surface area (Å²) in [7, 11) is 0. The van der Waals surface area contributed by atoms with Gasteiger partial charge in [-0.05, 0) is 99.8 Å². The molecule has 2 aliphatic heterocycles. The number of amides is 2. The monoisotopic (exact) mass is 553 g/mol. The Bertz CT molecular complexity index is 1370. The predicted molar refractivity (Wildman–Crippen MR) is 166 cm³/mol. The summed E-state index contributed by atoms with van der Waals surface area (Å²) in [5, 5.41) is 3.06. The minimum atomic E-state index is -0.0492. The number of fused-ring (bicyclic) bond motifs is 1. The average Bonchev–Trinajstić information content (AvgIpc) is 3.24. The Hall–Kier alpha value is -3.35. The number of carbonyl (C=O) groups excluding carboxylic acids is 2. The molecule has 0 radical (unpaired) electrons. The number of nitrogens with one attached hydrogen (secondary N) is 1. The highest BCUT2D eigenvalue weighted by molar-refractivity contribution is 8.04. The van der Waals surface area contributed by atoms with Gasteiger partial charge in [-0.15, -0.1) is 0 Å². The van der Waals surface area contributed by atoms with E-state index in [1.54, 1.807) is 0 Å². The second-order valence-electron chi connectivity index (χ2n) is 10.9. The highest BCUT2D eigenvalue weighted by atomic mass is 32.2. The second-order valence-corrected chi connectivity index (χ2v) is 12.0. The number of carbonyl (C=O) groups is 2. The quantitative estimate of drug-likeness (QED) is 0.242. The molecule has 1 fully saturated rings. The third kappa shape index (κ3) is 7.04. The van der Waals surface area contributed by atoms with Crippen LogP contribution in [0.1, 0.15) is 64.7 Å². The first-order valence-electron chi connectivity index (χ1n) is 14.4. The molecule has 1 N–H and O–H groups in total. The largest absolute Gasteiger partial charge is 0.352 e. The molecule has 2 amide bonds. The summed E-state index contributed by atoms with van der Waals surface area (Å²) < 4.78 is 0. The normalized spacial score (nSPS) is 17.0. The molecule has 2 aliphatic rings. The second kappa shape index (κ2) is 13.3. The van der Waals surface area contributed by atoms with Crippen molar-refractivity contribution < 1.29 is 9.59 Å². The molecule has 5 nitrogen and oxygen atoms in total. The van der Waals surface area contributed by atoms with Crippen molar-refractivity contribution in [2.75, 3.05) is 31.1 Å². The zero-order chi connectivity index (χ0) is 27.9. The number of thioether (sulfide) groups is 1. The highest BCUT2D eigenvalue weighted by Crippen LogP contribution is 2.42. The molecule has 1 saturated heterocycles. The number of hydrogen-bond donors (Lipinski definition) is 1. The Morgan fingerprint density at radius 1 is 0.950 bits per heavy atom. The van der Waals surface area contributed by atoms with Gasteiger partial charge in [-0.3, -0.25) is 9.59 Å². The maximum Gasteiger partial charge on any atom is 0.265 e. The maximum atomic E-state index is 13.7. The van der Waals surface area contributed by atoms with Crippen molar-refractivity contribution in [3.8, 4) is 0 Å². The van der Waals surface area contributed by atoms with Crippen LogP contribution in [0.5, 0.6) is 0 Å². The summed E-state index contributed by atoms with van der Waals surface area (Å²) in [6.45, 7) is 8.79. The highest BCUT2D eigenvalue weighted by Gasteiger charge is 2.29. The van der Waals surface area contributed by atoms with Gasteiger partial charge in [0.2, 0.25) is 0 Å². The van der Waals surface area contributed by atoms with Gasteiger partial charge in [0, 0.05) is 17.0 Å². The zero-order valence-corrected chi connectivity index (χ0v) is 24.4. The van der Waals surface area contributed by atoms with E-state index < -0.39 is 0 Å². The average molecular weight is 554 g/mol. The van der Waals surface area contributed by atoms with E-state index in [1.165, 1.54) is 61.7 Å². The van der Waals surface area contributed by atoms with Gasteiger partial charge in [0.15, 0.2) is 0 Å². The topological polar surface area (TPSA) is 52.7 Å². The van der Waals surface area contributed by atoms with Crippen LogP contribution in [0.2, 0.25) is 0 Å². The van der Waals surface area contributed by atoms with Gasteiger partial charge in [0.1, 0.15) is 0 Å². The van der Waals surface area contributed by atoms with Crippen LogP contribution < -0.4 is 10.2 Å². The summed E-state index contributed by atoms with van der Waals surface area (Å²) >= 11 is 1.51. The van der Waals surface area contributed by atoms with Gasteiger partial charge >= 0.3 is 0 Å². The molecule has 0 saturated carbocycles. The lowest BCUT2D eigenvalue weighted by atomic mass is 10.0. The van der Waals surface area contributed by atoms with E-state index in [9.17, 15) is 9.59 Å². The van der Waals surface area contributed by atoms with E-state index in [2.05, 4.69) is 48.3 Å². The number of benzene rings is 3. The summed E-state index contributed by atoms with van der Waals surface area (Å²) in [5.41, 5.74) is 6.00. The molecule has 3 aromatic carbocycles. The molecule has 3 aromatic rings. The van der Waals surface area contributed by atoms with Gasteiger partial charge in [-0.25, -0.2) is 0 Å². The Balaban J connectivity index is 1.24. The smallest absolute Gasteiger partial charge is 0.265 e. The number of nitrogens with zero attached hydrogens (tertiary/aromatic N) is 2. The van der Waals surface area contributed by atoms with E-state index in [4.69, 9.17) is 0 Å². The van der Waals surface area contributed by atoms with E-state index >= 15 is 0 Å². The Kier molecular flexibility index (Phi) is 9.40. The van der Waals surface area contributed by atoms with Gasteiger partial charge in [-0.2, -0.15) is 0 Å². The Morgan fingerprint density at radius 2 is 1.70 bits per heavy atom. The van der Waals surface area contributed by atoms with Crippen molar-refractivity contribution in [3.05, 3.63) is 99.5 Å². The molecule has 0 bridgehead atoms. The van der Waals surface area contributed by atoms with E-state index in [0.29, 0.717) is 23.6 Å². The van der Waals surface area contributed by atoms with Gasteiger partial charge < -0.3 is 15.1 Å². The van der Waals surface area contributed by atoms with Crippen LogP contribution in [0.3, 0.4) is 0 Å². The lowest BCUT2D eigenvalue weighted by molar-refractivity contribution is -0.114. The minimum Gasteiger partial charge on any atom is -0.352 e. The summed E-state index contributed by atoms with van der Waals surface area (Å²) in [4.78, 5) is 32.6. The molecule has 0 aromatic heterocycles. The number of likely N-dealkylation sites (tertiary alicyclic amines) is 1. The van der Waals surface area contributed by atoms with Crippen molar-refractivity contribution in [2.45, 2.75) is 57.4 Å². The fourth-order valence-electron chi connectivity index (χ4n) is 5.41. The van der Waals surface area contributed by atoms with Crippen LogP contribution in [-0.4, -0.2) is 42.9 Å². The molecular formula is C34H39N3O2S. The Labute approximate surface area is 242 Å². The molecular weight excluding hydrogens is 514 g/mol. The fraction of sp³-hybridized carbons (Fsp3) is 0.353. The van der Waals surface area contributed by atoms with Crippen LogP contribution >= 0.6 is 11.8 Å². The van der Waals surface area contributed by atoms with E-state index in [-0.39, 0.29) is 11.8 Å². The number of para-hydroxylation sites is 1. The summed E-state index contributed by atoms with van der Waals surface area (Å²) in [5.74, 6) is -0.0531. The number of anilines is 1. The molecule has 6 heteroatoms. The first-order chi connectivity index (χ1) is 19.5. The van der Waals surface area contributed by atoms with Crippen LogP contribution in [0.15, 0.2) is 76.5 Å². The van der Waals surface area contributed by atoms with Gasteiger partial charge in [-0.1, -0.05) is 72.6 Å². The maximum absolute atomic E-state index is 13.7. The fourth-order valence-corrected chi connectivity index (χ4v) is 6.47. The third-order valence-electron chi connectivity index (χ3n) is 7.77. The van der Waals surface area contributed by atoms with Crippen LogP contribution in [-0.2, 0) is 11.3 Å². The first kappa shape index (κ1) is 28.2. The van der Waals surface area contributed by atoms with E-state index in [0.717, 1.165) is 34.7 Å². The molecule has 0 unspecified atom stereocenters. The van der Waals surface area contributed by atoms with Crippen LogP contribution in [0.4, 0.5) is 5.69 Å². The van der Waals surface area contributed by atoms with Gasteiger partial charge in [0.25, 0.3) is 11.8 Å². The van der Waals surface area contributed by atoms with E-state index in [1.807, 2.05) is 53.4 Å². The molecule has 0 aliphatic carbocycles. The van der Waals surface area contributed by atoms with Crippen LogP contribution in [0, 0.1) is 13.8 Å². The molecule has 2 heterocycles. The number of aryl methyl sites for hydroxylation is 2. The molecule has 5 rings (SSSR count). The SMILES string of the molecule is Cc1ccc(C)c(CN2C(=O)C(=Cc3ccc(C(=O)NCCCN4CCCCCC4)cc3)Sc3ccccc32)c1. The zero-order valence-electron chi connectivity index (χ0n) is 23.6. The molecule has 0 spiro atoms. The summed E-state index contributed by atoms with van der Waals surface area (Å²) in [6, 6.07) is 22.0.